The first kappa shape index (κ1) is 14.9. The topological polar surface area (TPSA) is 69.6 Å². The van der Waals surface area contributed by atoms with Crippen molar-refractivity contribution in [1.29, 1.82) is 0 Å². The number of carbonyl (C=O) groups is 2. The van der Waals surface area contributed by atoms with Crippen molar-refractivity contribution in [3.63, 3.8) is 0 Å². The second-order valence-electron chi connectivity index (χ2n) is 4.31. The maximum absolute atomic E-state index is 11.3. The molecular formula is C11H22N2O3. The van der Waals surface area contributed by atoms with Gasteiger partial charge in [-0.25, -0.2) is 0 Å². The highest BCUT2D eigenvalue weighted by Crippen LogP contribution is 2.09. The van der Waals surface area contributed by atoms with Crippen LogP contribution in [0, 0.1) is 0 Å². The predicted molar refractivity (Wildman–Crippen MR) is 62.3 cm³/mol. The molecule has 5 nitrogen and oxygen atoms in total. The lowest BCUT2D eigenvalue weighted by Gasteiger charge is -2.24. The van der Waals surface area contributed by atoms with Gasteiger partial charge in [0.2, 0.25) is 5.91 Å². The molecule has 0 aromatic heterocycles. The number of carboxylic acid groups (broad SMARTS) is 1. The van der Waals surface area contributed by atoms with Crippen LogP contribution < -0.4 is 5.32 Å². The Labute approximate surface area is 96.8 Å². The van der Waals surface area contributed by atoms with Crippen molar-refractivity contribution >= 4 is 11.9 Å². The minimum atomic E-state index is -0.888. The number of carboxylic acids is 1. The molecule has 2 N–H and O–H groups in total. The van der Waals surface area contributed by atoms with Crippen molar-refractivity contribution in [3.8, 4) is 0 Å². The first-order valence-electron chi connectivity index (χ1n) is 5.52. The Hall–Kier alpha value is -1.10. The van der Waals surface area contributed by atoms with Crippen molar-refractivity contribution in [1.82, 2.24) is 10.2 Å². The highest BCUT2D eigenvalue weighted by Gasteiger charge is 2.29. The summed E-state index contributed by atoms with van der Waals surface area (Å²) >= 11 is 0. The van der Waals surface area contributed by atoms with Crippen molar-refractivity contribution in [2.24, 2.45) is 0 Å². The number of rotatable bonds is 7. The molecular weight excluding hydrogens is 208 g/mol. The van der Waals surface area contributed by atoms with Crippen LogP contribution in [0.15, 0.2) is 0 Å². The summed E-state index contributed by atoms with van der Waals surface area (Å²) in [5.74, 6) is -0.788. The second-order valence-corrected chi connectivity index (χ2v) is 4.31. The zero-order valence-electron chi connectivity index (χ0n) is 10.5. The minimum Gasteiger partial charge on any atom is -0.480 e. The van der Waals surface area contributed by atoms with Gasteiger partial charge in [0, 0.05) is 20.5 Å². The Kier molecular flexibility index (Phi) is 6.03. The fourth-order valence-electron chi connectivity index (χ4n) is 1.18. The van der Waals surface area contributed by atoms with Gasteiger partial charge in [-0.3, -0.25) is 9.59 Å². The van der Waals surface area contributed by atoms with E-state index in [2.05, 4.69) is 5.32 Å². The number of amides is 1. The maximum Gasteiger partial charge on any atom is 0.323 e. The molecule has 1 atom stereocenters. The van der Waals surface area contributed by atoms with Gasteiger partial charge in [-0.1, -0.05) is 6.92 Å². The summed E-state index contributed by atoms with van der Waals surface area (Å²) in [4.78, 5) is 23.7. The van der Waals surface area contributed by atoms with Gasteiger partial charge in [0.25, 0.3) is 0 Å². The van der Waals surface area contributed by atoms with E-state index in [1.807, 2.05) is 6.92 Å². The van der Waals surface area contributed by atoms with Gasteiger partial charge in [0.15, 0.2) is 0 Å². The molecule has 0 aliphatic heterocycles. The summed E-state index contributed by atoms with van der Waals surface area (Å²) in [6, 6.07) is 0. The zero-order valence-corrected chi connectivity index (χ0v) is 10.5. The number of aliphatic carboxylic acids is 1. The van der Waals surface area contributed by atoms with Gasteiger partial charge in [0.1, 0.15) is 5.54 Å². The highest BCUT2D eigenvalue weighted by molar-refractivity contribution is 5.78. The molecule has 0 heterocycles. The lowest BCUT2D eigenvalue weighted by Crippen LogP contribution is -2.49. The Morgan fingerprint density at radius 1 is 1.38 bits per heavy atom. The molecule has 0 aromatic carbocycles. The summed E-state index contributed by atoms with van der Waals surface area (Å²) in [6.07, 6.45) is 1.61. The monoisotopic (exact) mass is 230 g/mol. The van der Waals surface area contributed by atoms with Crippen molar-refractivity contribution in [3.05, 3.63) is 0 Å². The van der Waals surface area contributed by atoms with E-state index in [0.717, 1.165) is 0 Å². The predicted octanol–water partition coefficient (Wildman–Crippen LogP) is 0.698. The van der Waals surface area contributed by atoms with E-state index in [4.69, 9.17) is 5.11 Å². The van der Waals surface area contributed by atoms with E-state index in [0.29, 0.717) is 25.8 Å². The molecule has 0 aliphatic carbocycles. The molecule has 0 aromatic rings. The van der Waals surface area contributed by atoms with Gasteiger partial charge in [-0.15, -0.1) is 0 Å². The summed E-state index contributed by atoms with van der Waals surface area (Å²) in [5.41, 5.74) is -0.888. The van der Waals surface area contributed by atoms with Crippen LogP contribution in [-0.4, -0.2) is 48.1 Å². The lowest BCUT2D eigenvalue weighted by molar-refractivity contribution is -0.144. The summed E-state index contributed by atoms with van der Waals surface area (Å²) in [5, 5.41) is 12.0. The normalized spacial score (nSPS) is 14.2. The molecule has 0 bridgehead atoms. The van der Waals surface area contributed by atoms with Gasteiger partial charge in [0.05, 0.1) is 0 Å². The third kappa shape index (κ3) is 4.61. The molecule has 94 valence electrons. The van der Waals surface area contributed by atoms with Gasteiger partial charge >= 0.3 is 5.97 Å². The third-order valence-corrected chi connectivity index (χ3v) is 2.76. The molecule has 0 saturated carbocycles. The molecule has 0 fully saturated rings. The average molecular weight is 230 g/mol. The third-order valence-electron chi connectivity index (χ3n) is 2.76. The van der Waals surface area contributed by atoms with Gasteiger partial charge in [-0.05, 0) is 26.3 Å². The van der Waals surface area contributed by atoms with E-state index < -0.39 is 11.5 Å². The van der Waals surface area contributed by atoms with E-state index >= 15 is 0 Å². The maximum atomic E-state index is 11.3. The standard InChI is InChI=1S/C11H22N2O3/c1-5-11(2,10(15)16)12-8-6-7-9(14)13(3)4/h12H,5-8H2,1-4H3,(H,15,16). The average Bonchev–Trinajstić information content (AvgIpc) is 2.23. The minimum absolute atomic E-state index is 0.0651. The smallest absolute Gasteiger partial charge is 0.323 e. The van der Waals surface area contributed by atoms with Crippen molar-refractivity contribution in [2.75, 3.05) is 20.6 Å². The molecule has 5 heteroatoms. The Morgan fingerprint density at radius 3 is 2.31 bits per heavy atom. The first-order chi connectivity index (χ1) is 7.33. The number of hydrogen-bond donors (Lipinski definition) is 2. The van der Waals surface area contributed by atoms with Crippen LogP contribution in [0.1, 0.15) is 33.1 Å². The van der Waals surface area contributed by atoms with Gasteiger partial charge < -0.3 is 15.3 Å². The summed E-state index contributed by atoms with van der Waals surface area (Å²) in [7, 11) is 3.42. The molecule has 0 aliphatic rings. The Bertz CT molecular complexity index is 254. The largest absolute Gasteiger partial charge is 0.480 e. The van der Waals surface area contributed by atoms with Crippen LogP contribution in [-0.2, 0) is 9.59 Å². The molecule has 0 spiro atoms. The summed E-state index contributed by atoms with van der Waals surface area (Å²) in [6.45, 7) is 4.02. The number of nitrogens with one attached hydrogen (secondary N) is 1. The number of carbonyl (C=O) groups excluding carboxylic acids is 1. The molecule has 1 unspecified atom stereocenters. The molecule has 0 radical (unpaired) electrons. The SMILES string of the molecule is CCC(C)(NCCCC(=O)N(C)C)C(=O)O. The van der Waals surface area contributed by atoms with Crippen molar-refractivity contribution in [2.45, 2.75) is 38.6 Å². The van der Waals surface area contributed by atoms with E-state index in [9.17, 15) is 9.59 Å². The quantitative estimate of drug-likeness (QED) is 0.632. The second kappa shape index (κ2) is 6.48. The van der Waals surface area contributed by atoms with Crippen LogP contribution in [0.3, 0.4) is 0 Å². The van der Waals surface area contributed by atoms with Crippen LogP contribution in [0.2, 0.25) is 0 Å². The lowest BCUT2D eigenvalue weighted by atomic mass is 9.99. The Morgan fingerprint density at radius 2 is 1.94 bits per heavy atom. The molecule has 0 saturated heterocycles. The molecule has 1 amide bonds. The van der Waals surface area contributed by atoms with Crippen LogP contribution in [0.4, 0.5) is 0 Å². The summed E-state index contributed by atoms with van der Waals surface area (Å²) < 4.78 is 0. The van der Waals surface area contributed by atoms with Crippen LogP contribution in [0.5, 0.6) is 0 Å². The first-order valence-corrected chi connectivity index (χ1v) is 5.52. The molecule has 0 rings (SSSR count). The van der Waals surface area contributed by atoms with Crippen LogP contribution in [0.25, 0.3) is 0 Å². The van der Waals surface area contributed by atoms with E-state index in [1.165, 1.54) is 4.90 Å². The van der Waals surface area contributed by atoms with E-state index in [-0.39, 0.29) is 5.91 Å². The number of nitrogens with zero attached hydrogens (tertiary/aromatic N) is 1. The molecule has 16 heavy (non-hydrogen) atoms. The van der Waals surface area contributed by atoms with Crippen molar-refractivity contribution < 1.29 is 14.7 Å². The van der Waals surface area contributed by atoms with E-state index in [1.54, 1.807) is 21.0 Å². The fraction of sp³-hybridized carbons (Fsp3) is 0.818. The van der Waals surface area contributed by atoms with Crippen LogP contribution >= 0.6 is 0 Å². The Balaban J connectivity index is 3.89. The highest BCUT2D eigenvalue weighted by atomic mass is 16.4. The van der Waals surface area contributed by atoms with Gasteiger partial charge in [-0.2, -0.15) is 0 Å². The number of hydrogen-bond acceptors (Lipinski definition) is 3. The fourth-order valence-corrected chi connectivity index (χ4v) is 1.18. The zero-order chi connectivity index (χ0) is 12.8.